The van der Waals surface area contributed by atoms with E-state index in [1.54, 1.807) is 22.9 Å². The molecule has 96 valence electrons. The Labute approximate surface area is 106 Å². The van der Waals surface area contributed by atoms with Crippen molar-refractivity contribution in [3.8, 4) is 0 Å². The molecule has 2 rings (SSSR count). The van der Waals surface area contributed by atoms with E-state index in [-0.39, 0.29) is 11.9 Å². The van der Waals surface area contributed by atoms with Crippen LogP contribution in [0.1, 0.15) is 17.3 Å². The van der Waals surface area contributed by atoms with E-state index in [1.807, 2.05) is 20.2 Å². The highest BCUT2D eigenvalue weighted by molar-refractivity contribution is 5.47. The van der Waals surface area contributed by atoms with Crippen LogP contribution in [0, 0.1) is 12.7 Å². The van der Waals surface area contributed by atoms with Gasteiger partial charge >= 0.3 is 0 Å². The number of aryl methyl sites for hydroxylation is 2. The van der Waals surface area contributed by atoms with Gasteiger partial charge in [-0.05, 0) is 19.1 Å². The second kappa shape index (κ2) is 5.18. The standard InChI is InChI=1S/C13H17FN4/c1-9-10(8-18(2)17-9)13(7-15)16-12-6-4-3-5-11(12)14/h3-6,8,13,16H,7,15H2,1-2H3. The molecule has 1 unspecified atom stereocenters. The zero-order valence-corrected chi connectivity index (χ0v) is 10.5. The van der Waals surface area contributed by atoms with Crippen LogP contribution in [-0.4, -0.2) is 16.3 Å². The SMILES string of the molecule is Cc1nn(C)cc1C(CN)Nc1ccccc1F. The molecule has 0 aliphatic heterocycles. The molecule has 0 aliphatic rings. The van der Waals surface area contributed by atoms with Gasteiger partial charge in [-0.1, -0.05) is 12.1 Å². The molecule has 0 saturated heterocycles. The summed E-state index contributed by atoms with van der Waals surface area (Å²) in [5.74, 6) is -0.280. The Morgan fingerprint density at radius 1 is 1.44 bits per heavy atom. The number of hydrogen-bond donors (Lipinski definition) is 2. The van der Waals surface area contributed by atoms with E-state index in [2.05, 4.69) is 10.4 Å². The van der Waals surface area contributed by atoms with Crippen molar-refractivity contribution in [1.29, 1.82) is 0 Å². The molecule has 0 spiro atoms. The first-order valence-electron chi connectivity index (χ1n) is 5.83. The molecule has 0 aliphatic carbocycles. The maximum Gasteiger partial charge on any atom is 0.146 e. The van der Waals surface area contributed by atoms with E-state index in [0.717, 1.165) is 11.3 Å². The van der Waals surface area contributed by atoms with Crippen molar-refractivity contribution in [1.82, 2.24) is 9.78 Å². The number of benzene rings is 1. The summed E-state index contributed by atoms with van der Waals surface area (Å²) in [4.78, 5) is 0. The summed E-state index contributed by atoms with van der Waals surface area (Å²) >= 11 is 0. The number of rotatable bonds is 4. The van der Waals surface area contributed by atoms with Gasteiger partial charge in [0.15, 0.2) is 0 Å². The molecule has 0 bridgehead atoms. The van der Waals surface area contributed by atoms with Crippen LogP contribution < -0.4 is 11.1 Å². The molecule has 0 fully saturated rings. The summed E-state index contributed by atoms with van der Waals surface area (Å²) in [5, 5.41) is 7.39. The van der Waals surface area contributed by atoms with Gasteiger partial charge in [0, 0.05) is 25.4 Å². The summed E-state index contributed by atoms with van der Waals surface area (Å²) in [5.41, 5.74) is 8.10. The molecule has 1 atom stereocenters. The van der Waals surface area contributed by atoms with Gasteiger partial charge in [-0.15, -0.1) is 0 Å². The number of anilines is 1. The van der Waals surface area contributed by atoms with E-state index in [1.165, 1.54) is 6.07 Å². The fourth-order valence-electron chi connectivity index (χ4n) is 1.99. The highest BCUT2D eigenvalue weighted by Gasteiger charge is 2.16. The maximum atomic E-state index is 13.6. The van der Waals surface area contributed by atoms with E-state index in [0.29, 0.717) is 12.2 Å². The van der Waals surface area contributed by atoms with Crippen molar-refractivity contribution in [3.05, 3.63) is 47.5 Å². The molecule has 5 heteroatoms. The van der Waals surface area contributed by atoms with Gasteiger partial charge in [-0.25, -0.2) is 4.39 Å². The molecule has 1 heterocycles. The van der Waals surface area contributed by atoms with Gasteiger partial charge < -0.3 is 11.1 Å². The van der Waals surface area contributed by atoms with Gasteiger partial charge in [0.2, 0.25) is 0 Å². The zero-order chi connectivity index (χ0) is 13.1. The highest BCUT2D eigenvalue weighted by atomic mass is 19.1. The van der Waals surface area contributed by atoms with Crippen molar-refractivity contribution in [2.45, 2.75) is 13.0 Å². The molecule has 2 aromatic rings. The van der Waals surface area contributed by atoms with E-state index >= 15 is 0 Å². The first kappa shape index (κ1) is 12.6. The summed E-state index contributed by atoms with van der Waals surface area (Å²) in [6, 6.07) is 6.42. The second-order valence-electron chi connectivity index (χ2n) is 4.26. The Morgan fingerprint density at radius 2 is 2.17 bits per heavy atom. The number of nitrogens with one attached hydrogen (secondary N) is 1. The smallest absolute Gasteiger partial charge is 0.146 e. The van der Waals surface area contributed by atoms with Crippen molar-refractivity contribution >= 4 is 5.69 Å². The van der Waals surface area contributed by atoms with Crippen LogP contribution in [-0.2, 0) is 7.05 Å². The first-order chi connectivity index (χ1) is 8.61. The van der Waals surface area contributed by atoms with Crippen LogP contribution in [0.25, 0.3) is 0 Å². The van der Waals surface area contributed by atoms with Crippen LogP contribution in [0.15, 0.2) is 30.5 Å². The van der Waals surface area contributed by atoms with Crippen LogP contribution in [0.4, 0.5) is 10.1 Å². The lowest BCUT2D eigenvalue weighted by atomic mass is 10.1. The van der Waals surface area contributed by atoms with Gasteiger partial charge in [0.1, 0.15) is 5.82 Å². The molecule has 18 heavy (non-hydrogen) atoms. The summed E-state index contributed by atoms with van der Waals surface area (Å²) in [6.07, 6.45) is 1.90. The number of hydrogen-bond acceptors (Lipinski definition) is 3. The maximum absolute atomic E-state index is 13.6. The minimum absolute atomic E-state index is 0.143. The third kappa shape index (κ3) is 2.51. The monoisotopic (exact) mass is 248 g/mol. The number of halogens is 1. The fourth-order valence-corrected chi connectivity index (χ4v) is 1.99. The molecule has 0 amide bonds. The van der Waals surface area contributed by atoms with E-state index < -0.39 is 0 Å². The van der Waals surface area contributed by atoms with E-state index in [9.17, 15) is 4.39 Å². The highest BCUT2D eigenvalue weighted by Crippen LogP contribution is 2.22. The van der Waals surface area contributed by atoms with Crippen LogP contribution in [0.3, 0.4) is 0 Å². The van der Waals surface area contributed by atoms with Crippen LogP contribution in [0.5, 0.6) is 0 Å². The van der Waals surface area contributed by atoms with Gasteiger partial charge in [-0.2, -0.15) is 5.10 Å². The molecule has 3 N–H and O–H groups in total. The van der Waals surface area contributed by atoms with Crippen molar-refractivity contribution in [2.75, 3.05) is 11.9 Å². The molecular weight excluding hydrogens is 231 g/mol. The first-order valence-corrected chi connectivity index (χ1v) is 5.83. The van der Waals surface area contributed by atoms with Crippen molar-refractivity contribution < 1.29 is 4.39 Å². The lowest BCUT2D eigenvalue weighted by Gasteiger charge is -2.18. The van der Waals surface area contributed by atoms with Gasteiger partial charge in [0.25, 0.3) is 0 Å². The van der Waals surface area contributed by atoms with Crippen LogP contribution in [0.2, 0.25) is 0 Å². The zero-order valence-electron chi connectivity index (χ0n) is 10.5. The lowest BCUT2D eigenvalue weighted by molar-refractivity contribution is 0.625. The largest absolute Gasteiger partial charge is 0.374 e. The second-order valence-corrected chi connectivity index (χ2v) is 4.26. The van der Waals surface area contributed by atoms with Crippen molar-refractivity contribution in [3.63, 3.8) is 0 Å². The van der Waals surface area contributed by atoms with Gasteiger partial charge in [-0.3, -0.25) is 4.68 Å². The summed E-state index contributed by atoms with van der Waals surface area (Å²) < 4.78 is 15.3. The average Bonchev–Trinajstić information content (AvgIpc) is 2.67. The normalized spacial score (nSPS) is 12.4. The Hall–Kier alpha value is -1.88. The Morgan fingerprint density at radius 3 is 2.72 bits per heavy atom. The summed E-state index contributed by atoms with van der Waals surface area (Å²) in [6.45, 7) is 2.29. The third-order valence-electron chi connectivity index (χ3n) is 2.87. The topological polar surface area (TPSA) is 55.9 Å². The molecule has 1 aromatic heterocycles. The molecule has 0 saturated carbocycles. The average molecular weight is 248 g/mol. The summed E-state index contributed by atoms with van der Waals surface area (Å²) in [7, 11) is 1.85. The third-order valence-corrected chi connectivity index (χ3v) is 2.87. The number of nitrogens with zero attached hydrogens (tertiary/aromatic N) is 2. The number of aromatic nitrogens is 2. The quantitative estimate of drug-likeness (QED) is 0.870. The minimum atomic E-state index is -0.280. The van der Waals surface area contributed by atoms with Crippen molar-refractivity contribution in [2.24, 2.45) is 12.8 Å². The molecule has 4 nitrogen and oxygen atoms in total. The molecule has 1 aromatic carbocycles. The minimum Gasteiger partial charge on any atom is -0.374 e. The predicted molar refractivity (Wildman–Crippen MR) is 69.8 cm³/mol. The molecular formula is C13H17FN4. The van der Waals surface area contributed by atoms with Crippen LogP contribution >= 0.6 is 0 Å². The Balaban J connectivity index is 2.25. The fraction of sp³-hybridized carbons (Fsp3) is 0.308. The Bertz CT molecular complexity index is 536. The molecule has 0 radical (unpaired) electrons. The van der Waals surface area contributed by atoms with Gasteiger partial charge in [0.05, 0.1) is 17.4 Å². The number of nitrogens with two attached hydrogens (primary N) is 1. The Kier molecular flexibility index (Phi) is 3.62. The lowest BCUT2D eigenvalue weighted by Crippen LogP contribution is -2.21. The number of para-hydroxylation sites is 1. The van der Waals surface area contributed by atoms with E-state index in [4.69, 9.17) is 5.73 Å². The predicted octanol–water partition coefficient (Wildman–Crippen LogP) is 1.98.